The molecule has 35 valence electrons. The maximum absolute atomic E-state index is 11.7. The summed E-state index contributed by atoms with van der Waals surface area (Å²) in [7, 11) is 0. The zero-order valence-electron chi connectivity index (χ0n) is 3.32. The molecule has 0 aliphatic heterocycles. The van der Waals surface area contributed by atoms with E-state index in [1.165, 1.54) is 0 Å². The summed E-state index contributed by atoms with van der Waals surface area (Å²) in [6.07, 6.45) is 2.14. The molecule has 1 saturated carbocycles. The molecule has 1 nitrogen and oxygen atoms in total. The van der Waals surface area contributed by atoms with Crippen LogP contribution >= 0.6 is 0 Å². The fourth-order valence-corrected chi connectivity index (χ4v) is 0.383. The third-order valence-corrected chi connectivity index (χ3v) is 0.914. The Morgan fingerprint density at radius 2 is 2.00 bits per heavy atom. The summed E-state index contributed by atoms with van der Waals surface area (Å²) in [6.45, 7) is 0. The van der Waals surface area contributed by atoms with Gasteiger partial charge in [0.2, 0.25) is 5.85 Å². The van der Waals surface area contributed by atoms with Crippen LogP contribution in [-0.2, 0) is 0 Å². The van der Waals surface area contributed by atoms with Crippen LogP contribution < -0.4 is 0 Å². The minimum Gasteiger partial charge on any atom is -0.362 e. The predicted octanol–water partition coefficient (Wildman–Crippen LogP) is 0.643. The summed E-state index contributed by atoms with van der Waals surface area (Å²) in [5.74, 6) is -1.83. The number of aliphatic hydroxyl groups is 1. The second-order valence-electron chi connectivity index (χ2n) is 1.61. The number of alkyl halides is 1. The van der Waals surface area contributed by atoms with Gasteiger partial charge in [0.05, 0.1) is 0 Å². The summed E-state index contributed by atoms with van der Waals surface area (Å²) in [5.41, 5.74) is 0. The average molecular weight is 89.1 g/mol. The molecular weight excluding hydrogens is 83.0 g/mol. The summed E-state index contributed by atoms with van der Waals surface area (Å²) in [6, 6.07) is 0. The van der Waals surface area contributed by atoms with Crippen LogP contribution in [0.15, 0.2) is 0 Å². The normalized spacial score (nSPS) is 29.0. The van der Waals surface area contributed by atoms with Gasteiger partial charge < -0.3 is 5.11 Å². The van der Waals surface area contributed by atoms with Gasteiger partial charge in [-0.15, -0.1) is 0 Å². The zero-order chi connectivity index (χ0) is 4.62. The number of halogens is 1. The van der Waals surface area contributed by atoms with Crippen LogP contribution in [0.4, 0.5) is 4.39 Å². The molecule has 0 unspecified atom stereocenters. The molecule has 1 aliphatic rings. The van der Waals surface area contributed by atoms with Crippen molar-refractivity contribution in [3.8, 4) is 0 Å². The molecule has 6 heavy (non-hydrogen) atoms. The largest absolute Gasteiger partial charge is 0.362 e. The number of hydrogen-bond donors (Lipinski definition) is 1. The van der Waals surface area contributed by atoms with Crippen molar-refractivity contribution in [2.24, 2.45) is 0 Å². The highest BCUT2D eigenvalue weighted by atomic mass is 19.2. The van der Waals surface area contributed by atoms with Crippen molar-refractivity contribution in [3.63, 3.8) is 0 Å². The van der Waals surface area contributed by atoms with Crippen LogP contribution in [0.5, 0.6) is 0 Å². The van der Waals surface area contributed by atoms with Gasteiger partial charge in [-0.1, -0.05) is 0 Å². The van der Waals surface area contributed by atoms with Crippen LogP contribution in [0.25, 0.3) is 0 Å². The van der Waals surface area contributed by atoms with Crippen molar-refractivity contribution in [2.75, 3.05) is 0 Å². The van der Waals surface area contributed by atoms with E-state index in [9.17, 15) is 4.39 Å². The quantitative estimate of drug-likeness (QED) is 0.461. The molecule has 2 heteroatoms. The van der Waals surface area contributed by atoms with E-state index in [4.69, 9.17) is 5.11 Å². The lowest BCUT2D eigenvalue weighted by molar-refractivity contribution is -0.121. The van der Waals surface area contributed by atoms with Gasteiger partial charge in [0.25, 0.3) is 0 Å². The van der Waals surface area contributed by atoms with Crippen molar-refractivity contribution in [1.29, 1.82) is 0 Å². The minimum absolute atomic E-state index is 0.215. The Balaban J connectivity index is 2.31. The zero-order valence-corrected chi connectivity index (χ0v) is 3.32. The van der Waals surface area contributed by atoms with Gasteiger partial charge in [0, 0.05) is 12.8 Å². The lowest BCUT2D eigenvalue weighted by Crippen LogP contribution is -2.31. The molecule has 1 rings (SSSR count). The monoisotopic (exact) mass is 89.0 g/mol. The summed E-state index contributed by atoms with van der Waals surface area (Å²) < 4.78 is 11.7. The first-order valence-corrected chi connectivity index (χ1v) is 1.94. The van der Waals surface area contributed by atoms with E-state index < -0.39 is 5.85 Å². The van der Waals surface area contributed by atoms with Gasteiger partial charge in [-0.3, -0.25) is 0 Å². The van der Waals surface area contributed by atoms with Gasteiger partial charge in [0.15, 0.2) is 0 Å². The van der Waals surface area contributed by atoms with Crippen LogP contribution in [0.1, 0.15) is 12.8 Å². The molecule has 1 aliphatic carbocycles. The van der Waals surface area contributed by atoms with Crippen LogP contribution in [-0.4, -0.2) is 11.0 Å². The van der Waals surface area contributed by atoms with Crippen molar-refractivity contribution in [2.45, 2.75) is 18.7 Å². The Hall–Kier alpha value is -0.110. The highest BCUT2D eigenvalue weighted by Gasteiger charge is 2.33. The number of hydrogen-bond acceptors (Lipinski definition) is 1. The Bertz CT molecular complexity index is 54.6. The molecule has 0 atom stereocenters. The molecule has 0 bridgehead atoms. The fourth-order valence-electron chi connectivity index (χ4n) is 0.383. The molecule has 0 heterocycles. The molecule has 1 N–H and O–H groups in total. The van der Waals surface area contributed by atoms with E-state index in [-0.39, 0.29) is 12.8 Å². The lowest BCUT2D eigenvalue weighted by atomic mass is 9.94. The Morgan fingerprint density at radius 3 is 2.00 bits per heavy atom. The second-order valence-corrected chi connectivity index (χ2v) is 1.61. The molecule has 1 fully saturated rings. The van der Waals surface area contributed by atoms with E-state index >= 15 is 0 Å². The third kappa shape index (κ3) is 0.522. The molecule has 0 amide bonds. The van der Waals surface area contributed by atoms with E-state index in [1.54, 1.807) is 6.42 Å². The van der Waals surface area contributed by atoms with Crippen LogP contribution in [0.2, 0.25) is 0 Å². The van der Waals surface area contributed by atoms with Gasteiger partial charge in [-0.05, 0) is 6.42 Å². The lowest BCUT2D eigenvalue weighted by Gasteiger charge is -2.26. The molecule has 0 spiro atoms. The first-order valence-electron chi connectivity index (χ1n) is 1.94. The van der Waals surface area contributed by atoms with E-state index in [1.807, 2.05) is 0 Å². The van der Waals surface area contributed by atoms with Crippen molar-refractivity contribution < 1.29 is 9.50 Å². The average Bonchev–Trinajstić information content (AvgIpc) is 1.32. The highest BCUT2D eigenvalue weighted by molar-refractivity contribution is 4.91. The SMILES string of the molecule is OC1(F)C[CH]C1. The van der Waals surface area contributed by atoms with E-state index in [0.717, 1.165) is 0 Å². The maximum atomic E-state index is 11.7. The smallest absolute Gasteiger partial charge is 0.207 e. The highest BCUT2D eigenvalue weighted by Crippen LogP contribution is 2.30. The summed E-state index contributed by atoms with van der Waals surface area (Å²) in [4.78, 5) is 0. The van der Waals surface area contributed by atoms with Gasteiger partial charge in [-0.25, -0.2) is 4.39 Å². The third-order valence-electron chi connectivity index (χ3n) is 0.914. The molecular formula is C4H6FO. The van der Waals surface area contributed by atoms with Crippen LogP contribution in [0.3, 0.4) is 0 Å². The number of rotatable bonds is 0. The van der Waals surface area contributed by atoms with Crippen molar-refractivity contribution in [3.05, 3.63) is 6.42 Å². The van der Waals surface area contributed by atoms with Gasteiger partial charge in [-0.2, -0.15) is 0 Å². The topological polar surface area (TPSA) is 20.2 Å². The predicted molar refractivity (Wildman–Crippen MR) is 19.6 cm³/mol. The standard InChI is InChI=1S/C4H6FO/c5-4(6)2-1-3-4/h1,6H,2-3H2. The first-order chi connectivity index (χ1) is 2.71. The summed E-state index contributed by atoms with van der Waals surface area (Å²) in [5, 5.41) is 8.22. The Labute approximate surface area is 35.8 Å². The van der Waals surface area contributed by atoms with Crippen molar-refractivity contribution in [1.82, 2.24) is 0 Å². The van der Waals surface area contributed by atoms with Gasteiger partial charge in [0.1, 0.15) is 0 Å². The molecule has 0 aromatic rings. The van der Waals surface area contributed by atoms with Gasteiger partial charge >= 0.3 is 0 Å². The molecule has 0 aromatic heterocycles. The Kier molecular flexibility index (Phi) is 0.634. The second kappa shape index (κ2) is 0.936. The van der Waals surface area contributed by atoms with Crippen molar-refractivity contribution >= 4 is 0 Å². The Morgan fingerprint density at radius 1 is 1.67 bits per heavy atom. The molecule has 0 saturated heterocycles. The molecule has 0 aromatic carbocycles. The first kappa shape index (κ1) is 4.06. The maximum Gasteiger partial charge on any atom is 0.207 e. The van der Waals surface area contributed by atoms with E-state index in [2.05, 4.69) is 0 Å². The fraction of sp³-hybridized carbons (Fsp3) is 0.750. The van der Waals surface area contributed by atoms with Crippen LogP contribution in [0, 0.1) is 6.42 Å². The summed E-state index contributed by atoms with van der Waals surface area (Å²) >= 11 is 0. The minimum atomic E-state index is -1.83. The van der Waals surface area contributed by atoms with E-state index in [0.29, 0.717) is 0 Å². The molecule has 1 radical (unpaired) electrons.